The predicted molar refractivity (Wildman–Crippen MR) is 77.8 cm³/mol. The molecule has 0 bridgehead atoms. The molecular formula is C15H24N2O3. The summed E-state index contributed by atoms with van der Waals surface area (Å²) < 4.78 is 5.29. The highest BCUT2D eigenvalue weighted by molar-refractivity contribution is 5.44. The standard InChI is InChI=1S/C15H24N2O3/c1-3-14(18)13-5-4-12(10-16-13)17(2)11-15(19)6-8-20-9-7-15/h4-5,10,14,18-19H,3,6-9,11H2,1-2H3. The minimum absolute atomic E-state index is 0.506. The maximum absolute atomic E-state index is 10.5. The number of nitrogens with zero attached hydrogens (tertiary/aromatic N) is 2. The minimum Gasteiger partial charge on any atom is -0.388 e. The second kappa shape index (κ2) is 6.52. The second-order valence-corrected chi connectivity index (χ2v) is 5.56. The number of anilines is 1. The fourth-order valence-electron chi connectivity index (χ4n) is 2.47. The van der Waals surface area contributed by atoms with Crippen molar-refractivity contribution in [3.63, 3.8) is 0 Å². The van der Waals surface area contributed by atoms with Crippen LogP contribution in [0.25, 0.3) is 0 Å². The predicted octanol–water partition coefficient (Wildman–Crippen LogP) is 1.50. The number of aliphatic hydroxyl groups excluding tert-OH is 1. The summed E-state index contributed by atoms with van der Waals surface area (Å²) in [6.45, 7) is 3.72. The molecule has 5 heteroatoms. The lowest BCUT2D eigenvalue weighted by Gasteiger charge is -2.36. The third-order valence-electron chi connectivity index (χ3n) is 3.89. The quantitative estimate of drug-likeness (QED) is 0.855. The van der Waals surface area contributed by atoms with E-state index in [2.05, 4.69) is 4.98 Å². The van der Waals surface area contributed by atoms with Crippen molar-refractivity contribution in [2.45, 2.75) is 37.9 Å². The van der Waals surface area contributed by atoms with Crippen LogP contribution in [0.15, 0.2) is 18.3 Å². The first-order chi connectivity index (χ1) is 9.54. The Balaban J connectivity index is 2.00. The van der Waals surface area contributed by atoms with Gasteiger partial charge in [-0.05, 0) is 18.6 Å². The molecule has 1 aliphatic rings. The molecule has 2 rings (SSSR count). The van der Waals surface area contributed by atoms with Gasteiger partial charge in [-0.25, -0.2) is 0 Å². The number of aliphatic hydroxyl groups is 2. The monoisotopic (exact) mass is 280 g/mol. The summed E-state index contributed by atoms with van der Waals surface area (Å²) >= 11 is 0. The summed E-state index contributed by atoms with van der Waals surface area (Å²) in [6, 6.07) is 3.78. The molecule has 20 heavy (non-hydrogen) atoms. The van der Waals surface area contributed by atoms with Crippen LogP contribution in [0.3, 0.4) is 0 Å². The molecule has 1 aliphatic heterocycles. The summed E-state index contributed by atoms with van der Waals surface area (Å²) in [5.74, 6) is 0. The Bertz CT molecular complexity index is 416. The van der Waals surface area contributed by atoms with E-state index in [-0.39, 0.29) is 0 Å². The van der Waals surface area contributed by atoms with E-state index in [1.165, 1.54) is 0 Å². The second-order valence-electron chi connectivity index (χ2n) is 5.56. The van der Waals surface area contributed by atoms with Gasteiger partial charge < -0.3 is 19.8 Å². The zero-order chi connectivity index (χ0) is 14.6. The molecule has 2 N–H and O–H groups in total. The van der Waals surface area contributed by atoms with Crippen molar-refractivity contribution in [2.24, 2.45) is 0 Å². The highest BCUT2D eigenvalue weighted by atomic mass is 16.5. The number of pyridine rings is 1. The smallest absolute Gasteiger partial charge is 0.0957 e. The van der Waals surface area contributed by atoms with Gasteiger partial charge in [0.05, 0.1) is 29.3 Å². The molecule has 1 aromatic rings. The molecule has 2 heterocycles. The van der Waals surface area contributed by atoms with Crippen LogP contribution in [-0.4, -0.2) is 47.6 Å². The van der Waals surface area contributed by atoms with Crippen LogP contribution < -0.4 is 4.90 Å². The number of ether oxygens (including phenoxy) is 1. The van der Waals surface area contributed by atoms with Gasteiger partial charge in [0.2, 0.25) is 0 Å². The third-order valence-corrected chi connectivity index (χ3v) is 3.89. The highest BCUT2D eigenvalue weighted by Crippen LogP contribution is 2.24. The van der Waals surface area contributed by atoms with E-state index in [0.717, 1.165) is 5.69 Å². The van der Waals surface area contributed by atoms with Crippen molar-refractivity contribution < 1.29 is 14.9 Å². The average Bonchev–Trinajstić information content (AvgIpc) is 2.47. The Labute approximate surface area is 120 Å². The van der Waals surface area contributed by atoms with E-state index in [1.807, 2.05) is 31.0 Å². The molecule has 0 spiro atoms. The Morgan fingerprint density at radius 1 is 1.40 bits per heavy atom. The van der Waals surface area contributed by atoms with Crippen LogP contribution in [0.4, 0.5) is 5.69 Å². The van der Waals surface area contributed by atoms with Gasteiger partial charge in [-0.15, -0.1) is 0 Å². The lowest BCUT2D eigenvalue weighted by Crippen LogP contribution is -2.45. The van der Waals surface area contributed by atoms with Crippen LogP contribution in [0, 0.1) is 0 Å². The minimum atomic E-state index is -0.686. The normalized spacial score (nSPS) is 19.6. The van der Waals surface area contributed by atoms with Gasteiger partial charge in [-0.3, -0.25) is 4.98 Å². The molecular weight excluding hydrogens is 256 g/mol. The van der Waals surface area contributed by atoms with E-state index < -0.39 is 11.7 Å². The van der Waals surface area contributed by atoms with Crippen molar-refractivity contribution >= 4 is 5.69 Å². The molecule has 112 valence electrons. The number of hydrogen-bond acceptors (Lipinski definition) is 5. The summed E-state index contributed by atoms with van der Waals surface area (Å²) in [6.07, 6.45) is 3.22. The molecule has 0 aromatic carbocycles. The summed E-state index contributed by atoms with van der Waals surface area (Å²) in [5, 5.41) is 20.2. The number of hydrogen-bond donors (Lipinski definition) is 2. The van der Waals surface area contributed by atoms with Gasteiger partial charge in [0.1, 0.15) is 0 Å². The fraction of sp³-hybridized carbons (Fsp3) is 0.667. The highest BCUT2D eigenvalue weighted by Gasteiger charge is 2.31. The molecule has 1 fully saturated rings. The molecule has 5 nitrogen and oxygen atoms in total. The molecule has 1 aromatic heterocycles. The summed E-state index contributed by atoms with van der Waals surface area (Å²) in [4.78, 5) is 6.29. The lowest BCUT2D eigenvalue weighted by molar-refractivity contribution is -0.0572. The van der Waals surface area contributed by atoms with Crippen LogP contribution in [0.5, 0.6) is 0 Å². The lowest BCUT2D eigenvalue weighted by atomic mass is 9.94. The van der Waals surface area contributed by atoms with Crippen molar-refractivity contribution in [3.05, 3.63) is 24.0 Å². The topological polar surface area (TPSA) is 65.8 Å². The van der Waals surface area contributed by atoms with Crippen LogP contribution in [0.1, 0.15) is 38.0 Å². The summed E-state index contributed by atoms with van der Waals surface area (Å²) in [7, 11) is 1.94. The number of aromatic nitrogens is 1. The molecule has 0 saturated carbocycles. The molecule has 0 aliphatic carbocycles. The molecule has 1 atom stereocenters. The Kier molecular flexibility index (Phi) is 4.96. The Morgan fingerprint density at radius 2 is 2.10 bits per heavy atom. The van der Waals surface area contributed by atoms with Gasteiger partial charge in [0.25, 0.3) is 0 Å². The zero-order valence-corrected chi connectivity index (χ0v) is 12.2. The van der Waals surface area contributed by atoms with Crippen LogP contribution in [-0.2, 0) is 4.74 Å². The van der Waals surface area contributed by atoms with Gasteiger partial charge >= 0.3 is 0 Å². The van der Waals surface area contributed by atoms with Crippen LogP contribution in [0.2, 0.25) is 0 Å². The average molecular weight is 280 g/mol. The van der Waals surface area contributed by atoms with Crippen molar-refractivity contribution in [3.8, 4) is 0 Å². The SMILES string of the molecule is CCC(O)c1ccc(N(C)CC2(O)CCOCC2)cn1. The Hall–Kier alpha value is -1.17. The first kappa shape index (κ1) is 15.2. The van der Waals surface area contributed by atoms with Gasteiger partial charge in [0.15, 0.2) is 0 Å². The fourth-order valence-corrected chi connectivity index (χ4v) is 2.47. The van der Waals surface area contributed by atoms with Gasteiger partial charge in [-0.2, -0.15) is 0 Å². The van der Waals surface area contributed by atoms with Crippen molar-refractivity contribution in [1.29, 1.82) is 0 Å². The maximum Gasteiger partial charge on any atom is 0.0957 e. The maximum atomic E-state index is 10.5. The molecule has 0 radical (unpaired) electrons. The first-order valence-electron chi connectivity index (χ1n) is 7.19. The molecule has 0 amide bonds. The van der Waals surface area contributed by atoms with Crippen molar-refractivity contribution in [1.82, 2.24) is 4.98 Å². The van der Waals surface area contributed by atoms with E-state index >= 15 is 0 Å². The van der Waals surface area contributed by atoms with Crippen molar-refractivity contribution in [2.75, 3.05) is 31.7 Å². The van der Waals surface area contributed by atoms with E-state index in [9.17, 15) is 10.2 Å². The molecule has 1 unspecified atom stereocenters. The van der Waals surface area contributed by atoms with Gasteiger partial charge in [-0.1, -0.05) is 6.92 Å². The number of likely N-dealkylation sites (N-methyl/N-ethyl adjacent to an activating group) is 1. The van der Waals surface area contributed by atoms with Gasteiger partial charge in [0, 0.05) is 39.6 Å². The molecule has 1 saturated heterocycles. The third kappa shape index (κ3) is 3.69. The number of rotatable bonds is 5. The zero-order valence-electron chi connectivity index (χ0n) is 12.2. The van der Waals surface area contributed by atoms with E-state index in [0.29, 0.717) is 44.7 Å². The summed E-state index contributed by atoms with van der Waals surface area (Å²) in [5.41, 5.74) is 0.945. The largest absolute Gasteiger partial charge is 0.388 e. The first-order valence-corrected chi connectivity index (χ1v) is 7.19. The Morgan fingerprint density at radius 3 is 2.65 bits per heavy atom. The van der Waals surface area contributed by atoms with E-state index in [1.54, 1.807) is 6.20 Å². The van der Waals surface area contributed by atoms with E-state index in [4.69, 9.17) is 4.74 Å². The van der Waals surface area contributed by atoms with Crippen LogP contribution >= 0.6 is 0 Å².